The molecule has 0 spiro atoms. The topological polar surface area (TPSA) is 39.6 Å². The van der Waals surface area contributed by atoms with E-state index in [2.05, 4.69) is 36.6 Å². The molecule has 1 aromatic rings. The third kappa shape index (κ3) is 2.92. The van der Waals surface area contributed by atoms with Crippen molar-refractivity contribution in [3.8, 4) is 0 Å². The van der Waals surface area contributed by atoms with Gasteiger partial charge < -0.3 is 10.0 Å². The van der Waals surface area contributed by atoms with Crippen molar-refractivity contribution in [2.45, 2.75) is 58.2 Å². The molecule has 2 unspecified atom stereocenters. The van der Waals surface area contributed by atoms with E-state index in [0.29, 0.717) is 18.0 Å². The van der Waals surface area contributed by atoms with Crippen molar-refractivity contribution in [3.05, 3.63) is 23.4 Å². The van der Waals surface area contributed by atoms with E-state index in [1.807, 2.05) is 6.07 Å². The summed E-state index contributed by atoms with van der Waals surface area (Å²) in [4.78, 5) is 9.93. The zero-order valence-electron chi connectivity index (χ0n) is 13.4. The fraction of sp³-hybridized carbons (Fsp3) is 0.706. The summed E-state index contributed by atoms with van der Waals surface area (Å²) in [6.07, 6.45) is 2.63. The summed E-state index contributed by atoms with van der Waals surface area (Å²) in [5.41, 5.74) is 2.06. The molecule has 2 atom stereocenters. The van der Waals surface area contributed by atoms with Gasteiger partial charge in [0.25, 0.3) is 0 Å². The standard InChI is InChI=1S/C17H27N3O/c1-12(2)16-7-14(11-21)8-17(18-16)20-10-15-5-4-6-19(15)9-13(20)3/h7-8,12-13,15,21H,4-6,9-11H2,1-3H3. The molecule has 3 rings (SSSR count). The molecule has 3 heterocycles. The predicted octanol–water partition coefficient (Wildman–Crippen LogP) is 2.37. The maximum absolute atomic E-state index is 9.53. The maximum atomic E-state index is 9.53. The van der Waals surface area contributed by atoms with Gasteiger partial charge >= 0.3 is 0 Å². The second kappa shape index (κ2) is 5.93. The van der Waals surface area contributed by atoms with E-state index in [4.69, 9.17) is 4.98 Å². The molecule has 116 valence electrons. The highest BCUT2D eigenvalue weighted by atomic mass is 16.3. The quantitative estimate of drug-likeness (QED) is 0.927. The average molecular weight is 289 g/mol. The van der Waals surface area contributed by atoms with Gasteiger partial charge in [-0.1, -0.05) is 13.8 Å². The zero-order valence-corrected chi connectivity index (χ0v) is 13.4. The second-order valence-electron chi connectivity index (χ2n) is 6.86. The van der Waals surface area contributed by atoms with Gasteiger partial charge in [0.1, 0.15) is 5.82 Å². The SMILES string of the molecule is CC(C)c1cc(CO)cc(N2CC3CCCN3CC2C)n1. The molecule has 0 bridgehead atoms. The highest BCUT2D eigenvalue weighted by Crippen LogP contribution is 2.29. The van der Waals surface area contributed by atoms with Crippen molar-refractivity contribution in [1.29, 1.82) is 0 Å². The van der Waals surface area contributed by atoms with Crippen LogP contribution in [0.5, 0.6) is 0 Å². The summed E-state index contributed by atoms with van der Waals surface area (Å²) in [6, 6.07) is 5.27. The van der Waals surface area contributed by atoms with E-state index in [9.17, 15) is 5.11 Å². The van der Waals surface area contributed by atoms with Crippen LogP contribution in [0.2, 0.25) is 0 Å². The number of aliphatic hydroxyl groups is 1. The molecule has 2 saturated heterocycles. The Bertz CT molecular complexity index is 503. The minimum atomic E-state index is 0.0903. The molecule has 0 amide bonds. The van der Waals surface area contributed by atoms with E-state index in [1.54, 1.807) is 0 Å². The van der Waals surface area contributed by atoms with Gasteiger partial charge in [-0.2, -0.15) is 0 Å². The molecule has 21 heavy (non-hydrogen) atoms. The largest absolute Gasteiger partial charge is 0.392 e. The van der Waals surface area contributed by atoms with Crippen molar-refractivity contribution in [1.82, 2.24) is 9.88 Å². The lowest BCUT2D eigenvalue weighted by molar-refractivity contribution is 0.202. The zero-order chi connectivity index (χ0) is 15.0. The monoisotopic (exact) mass is 289 g/mol. The molecule has 0 radical (unpaired) electrons. The molecule has 2 aliphatic heterocycles. The predicted molar refractivity (Wildman–Crippen MR) is 85.7 cm³/mol. The molecular formula is C17H27N3O. The van der Waals surface area contributed by atoms with Crippen LogP contribution in [-0.4, -0.2) is 46.7 Å². The van der Waals surface area contributed by atoms with Gasteiger partial charge in [-0.3, -0.25) is 4.90 Å². The number of hydrogen-bond donors (Lipinski definition) is 1. The van der Waals surface area contributed by atoms with E-state index in [0.717, 1.165) is 30.2 Å². The van der Waals surface area contributed by atoms with Gasteiger partial charge in [-0.05, 0) is 49.9 Å². The number of anilines is 1. The second-order valence-corrected chi connectivity index (χ2v) is 6.86. The number of rotatable bonds is 3. The van der Waals surface area contributed by atoms with Crippen LogP contribution in [0.15, 0.2) is 12.1 Å². The van der Waals surface area contributed by atoms with Crippen LogP contribution >= 0.6 is 0 Å². The summed E-state index contributed by atoms with van der Waals surface area (Å²) >= 11 is 0. The van der Waals surface area contributed by atoms with E-state index in [-0.39, 0.29) is 6.61 Å². The van der Waals surface area contributed by atoms with Crippen LogP contribution in [0.1, 0.15) is 50.8 Å². The minimum absolute atomic E-state index is 0.0903. The average Bonchev–Trinajstić information content (AvgIpc) is 2.92. The lowest BCUT2D eigenvalue weighted by Crippen LogP contribution is -2.55. The molecule has 4 nitrogen and oxygen atoms in total. The number of aliphatic hydroxyl groups excluding tert-OH is 1. The Hall–Kier alpha value is -1.13. The van der Waals surface area contributed by atoms with E-state index >= 15 is 0 Å². The van der Waals surface area contributed by atoms with Crippen molar-refractivity contribution >= 4 is 5.82 Å². The van der Waals surface area contributed by atoms with Crippen LogP contribution in [0, 0.1) is 0 Å². The number of nitrogens with zero attached hydrogens (tertiary/aromatic N) is 3. The Labute approximate surface area is 127 Å². The van der Waals surface area contributed by atoms with Crippen LogP contribution in [0.3, 0.4) is 0 Å². The molecule has 0 aliphatic carbocycles. The Morgan fingerprint density at radius 1 is 1.33 bits per heavy atom. The molecule has 1 N–H and O–H groups in total. The summed E-state index contributed by atoms with van der Waals surface area (Å²) in [5.74, 6) is 1.43. The maximum Gasteiger partial charge on any atom is 0.129 e. The van der Waals surface area contributed by atoms with Crippen molar-refractivity contribution in [3.63, 3.8) is 0 Å². The molecular weight excluding hydrogens is 262 g/mol. The van der Waals surface area contributed by atoms with E-state index in [1.165, 1.54) is 19.4 Å². The smallest absolute Gasteiger partial charge is 0.129 e. The minimum Gasteiger partial charge on any atom is -0.392 e. The Morgan fingerprint density at radius 2 is 2.14 bits per heavy atom. The van der Waals surface area contributed by atoms with Gasteiger partial charge in [0.15, 0.2) is 0 Å². The summed E-state index contributed by atoms with van der Waals surface area (Å²) in [5, 5.41) is 9.53. The Kier molecular flexibility index (Phi) is 4.18. The van der Waals surface area contributed by atoms with Crippen molar-refractivity contribution < 1.29 is 5.11 Å². The summed E-state index contributed by atoms with van der Waals surface area (Å²) in [6.45, 7) is 10.2. The lowest BCUT2D eigenvalue weighted by Gasteiger charge is -2.43. The van der Waals surface area contributed by atoms with Crippen LogP contribution in [-0.2, 0) is 6.61 Å². The first-order chi connectivity index (χ1) is 10.1. The number of piperazine rings is 1. The Balaban J connectivity index is 1.89. The summed E-state index contributed by atoms with van der Waals surface area (Å²) < 4.78 is 0. The third-order valence-electron chi connectivity index (χ3n) is 4.90. The molecule has 0 aromatic carbocycles. The first kappa shape index (κ1) is 14.8. The van der Waals surface area contributed by atoms with Gasteiger partial charge in [0.05, 0.1) is 6.61 Å². The molecule has 2 aliphatic rings. The first-order valence-electron chi connectivity index (χ1n) is 8.21. The molecule has 1 aromatic heterocycles. The molecule has 0 saturated carbocycles. The van der Waals surface area contributed by atoms with Crippen LogP contribution in [0.25, 0.3) is 0 Å². The van der Waals surface area contributed by atoms with Crippen LogP contribution < -0.4 is 4.90 Å². The normalized spacial score (nSPS) is 26.4. The van der Waals surface area contributed by atoms with Crippen LogP contribution in [0.4, 0.5) is 5.82 Å². The van der Waals surface area contributed by atoms with Gasteiger partial charge in [0, 0.05) is 30.9 Å². The van der Waals surface area contributed by atoms with Gasteiger partial charge in [-0.15, -0.1) is 0 Å². The fourth-order valence-electron chi connectivity index (χ4n) is 3.63. The third-order valence-corrected chi connectivity index (χ3v) is 4.90. The molecule has 2 fully saturated rings. The number of fused-ring (bicyclic) bond motifs is 1. The Morgan fingerprint density at radius 3 is 2.86 bits per heavy atom. The van der Waals surface area contributed by atoms with Gasteiger partial charge in [-0.25, -0.2) is 4.98 Å². The number of aromatic nitrogens is 1. The highest BCUT2D eigenvalue weighted by molar-refractivity contribution is 5.45. The van der Waals surface area contributed by atoms with Crippen molar-refractivity contribution in [2.75, 3.05) is 24.5 Å². The van der Waals surface area contributed by atoms with E-state index < -0.39 is 0 Å². The first-order valence-corrected chi connectivity index (χ1v) is 8.21. The highest BCUT2D eigenvalue weighted by Gasteiger charge is 2.35. The number of hydrogen-bond acceptors (Lipinski definition) is 4. The fourth-order valence-corrected chi connectivity index (χ4v) is 3.63. The summed E-state index contributed by atoms with van der Waals surface area (Å²) in [7, 11) is 0. The lowest BCUT2D eigenvalue weighted by atomic mass is 10.1. The number of pyridine rings is 1. The van der Waals surface area contributed by atoms with Crippen molar-refractivity contribution in [2.24, 2.45) is 0 Å². The molecule has 4 heteroatoms. The van der Waals surface area contributed by atoms with Gasteiger partial charge in [0.2, 0.25) is 0 Å².